The molecule has 4 nitrogen and oxygen atoms in total. The second-order valence-electron chi connectivity index (χ2n) is 9.10. The molecule has 2 aliphatic rings. The molecule has 2 aliphatic heterocycles. The van der Waals surface area contributed by atoms with Crippen molar-refractivity contribution < 1.29 is 18.6 Å². The number of nitrogens with zero attached hydrogens (tertiary/aromatic N) is 1. The molecule has 0 aromatic heterocycles. The fraction of sp³-hybridized carbons (Fsp3) is 0.556. The largest absolute Gasteiger partial charge is 0.493 e. The smallest absolute Gasteiger partial charge is 0.231 e. The van der Waals surface area contributed by atoms with Gasteiger partial charge in [0.15, 0.2) is 11.5 Å². The van der Waals surface area contributed by atoms with E-state index in [1.807, 2.05) is 30.3 Å². The Labute approximate surface area is 191 Å². The second-order valence-corrected chi connectivity index (χ2v) is 9.10. The van der Waals surface area contributed by atoms with Crippen molar-refractivity contribution in [2.75, 3.05) is 33.0 Å². The lowest BCUT2D eigenvalue weighted by Gasteiger charge is -2.39. The zero-order chi connectivity index (χ0) is 22.2. The highest BCUT2D eigenvalue weighted by atomic mass is 19.1. The maximum Gasteiger partial charge on any atom is 0.231 e. The normalized spacial score (nSPS) is 20.4. The van der Waals surface area contributed by atoms with Crippen molar-refractivity contribution >= 4 is 0 Å². The minimum Gasteiger partial charge on any atom is -0.493 e. The summed E-state index contributed by atoms with van der Waals surface area (Å²) < 4.78 is 30.6. The highest BCUT2D eigenvalue weighted by molar-refractivity contribution is 5.46. The van der Waals surface area contributed by atoms with Crippen molar-refractivity contribution in [3.05, 3.63) is 53.8 Å². The maximum absolute atomic E-state index is 13.5. The molecule has 2 aromatic rings. The average molecular weight is 442 g/mol. The van der Waals surface area contributed by atoms with Crippen LogP contribution in [0, 0.1) is 11.7 Å². The van der Waals surface area contributed by atoms with Crippen LogP contribution in [0.5, 0.6) is 17.2 Å². The second kappa shape index (κ2) is 11.6. The highest BCUT2D eigenvalue weighted by Crippen LogP contribution is 2.37. The summed E-state index contributed by atoms with van der Waals surface area (Å²) in [6, 6.07) is 12.8. The summed E-state index contributed by atoms with van der Waals surface area (Å²) in [5.41, 5.74) is 1.21. The van der Waals surface area contributed by atoms with Gasteiger partial charge in [-0.15, -0.1) is 0 Å². The van der Waals surface area contributed by atoms with Gasteiger partial charge >= 0.3 is 0 Å². The minimum absolute atomic E-state index is 0.178. The van der Waals surface area contributed by atoms with Gasteiger partial charge in [-0.3, -0.25) is 0 Å². The van der Waals surface area contributed by atoms with E-state index in [9.17, 15) is 4.39 Å². The summed E-state index contributed by atoms with van der Waals surface area (Å²) in [7, 11) is 0. The van der Waals surface area contributed by atoms with Gasteiger partial charge in [0.05, 0.1) is 6.61 Å². The van der Waals surface area contributed by atoms with Gasteiger partial charge in [0.25, 0.3) is 0 Å². The third-order valence-electron chi connectivity index (χ3n) is 6.75. The number of benzene rings is 2. The predicted octanol–water partition coefficient (Wildman–Crippen LogP) is 6.40. The van der Waals surface area contributed by atoms with Crippen LogP contribution in [0.15, 0.2) is 42.5 Å². The molecule has 5 heteroatoms. The van der Waals surface area contributed by atoms with Crippen molar-refractivity contribution in [1.29, 1.82) is 0 Å². The fourth-order valence-electron chi connectivity index (χ4n) is 4.91. The van der Waals surface area contributed by atoms with Crippen LogP contribution in [0.2, 0.25) is 0 Å². The van der Waals surface area contributed by atoms with E-state index in [1.165, 1.54) is 44.1 Å². The molecule has 2 atom stereocenters. The van der Waals surface area contributed by atoms with Crippen LogP contribution in [0.4, 0.5) is 4.39 Å². The molecule has 2 heterocycles. The van der Waals surface area contributed by atoms with Crippen LogP contribution in [0.1, 0.15) is 63.4 Å². The van der Waals surface area contributed by atoms with Gasteiger partial charge in [-0.25, -0.2) is 4.39 Å². The quantitative estimate of drug-likeness (QED) is 0.378. The molecular weight excluding hydrogens is 405 g/mol. The van der Waals surface area contributed by atoms with Crippen LogP contribution in [0.25, 0.3) is 0 Å². The van der Waals surface area contributed by atoms with Crippen LogP contribution < -0.4 is 14.2 Å². The summed E-state index contributed by atoms with van der Waals surface area (Å²) in [4.78, 5) is 2.59. The number of rotatable bonds is 11. The first-order valence-electron chi connectivity index (χ1n) is 12.2. The van der Waals surface area contributed by atoms with Crippen molar-refractivity contribution in [2.24, 2.45) is 5.92 Å². The Kier molecular flexibility index (Phi) is 8.27. The lowest BCUT2D eigenvalue weighted by molar-refractivity contribution is 0.109. The highest BCUT2D eigenvalue weighted by Gasteiger charge is 2.31. The lowest BCUT2D eigenvalue weighted by Crippen LogP contribution is -2.42. The molecule has 4 rings (SSSR count). The van der Waals surface area contributed by atoms with Crippen molar-refractivity contribution in [2.45, 2.75) is 57.8 Å². The fourth-order valence-corrected chi connectivity index (χ4v) is 4.91. The van der Waals surface area contributed by atoms with Crippen LogP contribution in [-0.4, -0.2) is 37.9 Å². The predicted molar refractivity (Wildman–Crippen MR) is 125 cm³/mol. The first-order chi connectivity index (χ1) is 15.7. The summed E-state index contributed by atoms with van der Waals surface area (Å²) in [6.45, 7) is 6.43. The molecule has 32 heavy (non-hydrogen) atoms. The van der Waals surface area contributed by atoms with Gasteiger partial charge in [0, 0.05) is 18.5 Å². The topological polar surface area (TPSA) is 30.9 Å². The lowest BCUT2D eigenvalue weighted by atomic mass is 9.80. The Morgan fingerprint density at radius 3 is 2.59 bits per heavy atom. The Hall–Kier alpha value is -2.27. The number of fused-ring (bicyclic) bond motifs is 1. The van der Waals surface area contributed by atoms with Gasteiger partial charge in [-0.2, -0.15) is 0 Å². The number of unbranched alkanes of at least 4 members (excludes halogenated alkanes) is 5. The van der Waals surface area contributed by atoms with E-state index in [4.69, 9.17) is 14.2 Å². The van der Waals surface area contributed by atoms with E-state index in [2.05, 4.69) is 11.8 Å². The van der Waals surface area contributed by atoms with E-state index in [0.717, 1.165) is 43.3 Å². The first-order valence-corrected chi connectivity index (χ1v) is 12.2. The monoisotopic (exact) mass is 441 g/mol. The van der Waals surface area contributed by atoms with E-state index in [0.29, 0.717) is 18.4 Å². The van der Waals surface area contributed by atoms with Gasteiger partial charge in [-0.1, -0.05) is 51.2 Å². The standard InChI is InChI=1S/C27H36FNO3/c1-2-3-4-5-6-7-15-29-16-14-25(21-8-10-23(28)11-9-21)22(18-29)19-30-24-12-13-26-27(17-24)32-20-31-26/h8-13,17,22,25H,2-7,14-16,18-20H2,1H3/t22-,25-/m0/s1. The molecule has 0 radical (unpaired) electrons. The zero-order valence-corrected chi connectivity index (χ0v) is 19.2. The molecule has 0 bridgehead atoms. The number of halogens is 1. The number of ether oxygens (including phenoxy) is 3. The zero-order valence-electron chi connectivity index (χ0n) is 19.2. The molecule has 0 spiro atoms. The number of piperidine rings is 1. The Bertz CT molecular complexity index is 841. The molecule has 174 valence electrons. The summed E-state index contributed by atoms with van der Waals surface area (Å²) in [5.74, 6) is 2.88. The van der Waals surface area contributed by atoms with Gasteiger partial charge in [0.2, 0.25) is 6.79 Å². The van der Waals surface area contributed by atoms with E-state index in [-0.39, 0.29) is 12.6 Å². The van der Waals surface area contributed by atoms with Crippen LogP contribution >= 0.6 is 0 Å². The molecule has 1 fully saturated rings. The van der Waals surface area contributed by atoms with Crippen molar-refractivity contribution in [1.82, 2.24) is 4.90 Å². The summed E-state index contributed by atoms with van der Waals surface area (Å²) >= 11 is 0. The SMILES string of the molecule is CCCCCCCCN1CC[C@@H](c2ccc(F)cc2)[C@H](COc2ccc3c(c2)OCO3)C1. The summed E-state index contributed by atoms with van der Waals surface area (Å²) in [6.07, 6.45) is 9.00. The van der Waals surface area contributed by atoms with Crippen molar-refractivity contribution in [3.8, 4) is 17.2 Å². The van der Waals surface area contributed by atoms with Gasteiger partial charge in [-0.05, 0) is 61.7 Å². The van der Waals surface area contributed by atoms with E-state index < -0.39 is 0 Å². The number of hydrogen-bond acceptors (Lipinski definition) is 4. The Morgan fingerprint density at radius 1 is 0.969 bits per heavy atom. The van der Waals surface area contributed by atoms with Crippen LogP contribution in [-0.2, 0) is 0 Å². The van der Waals surface area contributed by atoms with Gasteiger partial charge in [0.1, 0.15) is 11.6 Å². The molecule has 2 aromatic carbocycles. The van der Waals surface area contributed by atoms with Gasteiger partial charge < -0.3 is 19.1 Å². The summed E-state index contributed by atoms with van der Waals surface area (Å²) in [5, 5.41) is 0. The first kappa shape index (κ1) is 22.9. The molecule has 0 N–H and O–H groups in total. The van der Waals surface area contributed by atoms with E-state index >= 15 is 0 Å². The Balaban J connectivity index is 1.36. The molecule has 0 aliphatic carbocycles. The minimum atomic E-state index is -0.178. The van der Waals surface area contributed by atoms with Crippen LogP contribution in [0.3, 0.4) is 0 Å². The number of hydrogen-bond donors (Lipinski definition) is 0. The molecular formula is C27H36FNO3. The molecule has 0 amide bonds. The molecule has 1 saturated heterocycles. The average Bonchev–Trinajstić information content (AvgIpc) is 3.29. The van der Waals surface area contributed by atoms with E-state index in [1.54, 1.807) is 12.1 Å². The maximum atomic E-state index is 13.5. The molecule has 0 unspecified atom stereocenters. The third-order valence-corrected chi connectivity index (χ3v) is 6.75. The number of likely N-dealkylation sites (tertiary alicyclic amines) is 1. The Morgan fingerprint density at radius 2 is 1.75 bits per heavy atom. The van der Waals surface area contributed by atoms with Crippen molar-refractivity contribution in [3.63, 3.8) is 0 Å². The third kappa shape index (κ3) is 6.16. The molecule has 0 saturated carbocycles.